The average molecular weight is 246 g/mol. The predicted octanol–water partition coefficient (Wildman–Crippen LogP) is 0.634. The van der Waals surface area contributed by atoms with Crippen LogP contribution in [0.3, 0.4) is 0 Å². The normalized spacial score (nSPS) is 21.6. The highest BCUT2D eigenvalue weighted by atomic mass is 16.7. The van der Waals surface area contributed by atoms with Crippen molar-refractivity contribution in [3.8, 4) is 0 Å². The van der Waals surface area contributed by atoms with E-state index in [1.54, 1.807) is 0 Å². The molecular weight excluding hydrogens is 228 g/mol. The second-order valence-electron chi connectivity index (χ2n) is 3.72. The molecule has 0 aromatic heterocycles. The van der Waals surface area contributed by atoms with Crippen molar-refractivity contribution in [2.75, 3.05) is 20.8 Å². The van der Waals surface area contributed by atoms with Crippen molar-refractivity contribution in [1.29, 1.82) is 0 Å². The zero-order chi connectivity index (χ0) is 12.7. The van der Waals surface area contributed by atoms with E-state index in [-0.39, 0.29) is 6.42 Å². The summed E-state index contributed by atoms with van der Waals surface area (Å²) < 4.78 is 19.8. The molecule has 1 rings (SSSR count). The Morgan fingerprint density at radius 3 is 2.59 bits per heavy atom. The molecule has 0 spiro atoms. The largest absolute Gasteiger partial charge is 0.469 e. The van der Waals surface area contributed by atoms with Crippen LogP contribution in [0, 0.1) is 0 Å². The molecule has 6 heteroatoms. The van der Waals surface area contributed by atoms with E-state index in [2.05, 4.69) is 9.47 Å². The van der Waals surface area contributed by atoms with Crippen LogP contribution >= 0.6 is 0 Å². The van der Waals surface area contributed by atoms with Crippen molar-refractivity contribution in [3.05, 3.63) is 0 Å². The molecule has 17 heavy (non-hydrogen) atoms. The third-order valence-corrected chi connectivity index (χ3v) is 2.50. The number of methoxy groups -OCH3 is 2. The maximum Gasteiger partial charge on any atom is 0.335 e. The molecule has 0 aromatic carbocycles. The number of carbonyl (C=O) groups is 2. The van der Waals surface area contributed by atoms with E-state index in [1.807, 2.05) is 0 Å². The fourth-order valence-corrected chi connectivity index (χ4v) is 1.55. The first-order valence-electron chi connectivity index (χ1n) is 5.59. The molecule has 0 N–H and O–H groups in total. The summed E-state index contributed by atoms with van der Waals surface area (Å²) in [6.07, 6.45) is 1.11. The van der Waals surface area contributed by atoms with Gasteiger partial charge in [0.15, 0.2) is 12.4 Å². The molecule has 0 aromatic rings. The highest BCUT2D eigenvalue weighted by Gasteiger charge is 2.28. The molecule has 2 atom stereocenters. The summed E-state index contributed by atoms with van der Waals surface area (Å²) in [5.41, 5.74) is 0. The minimum absolute atomic E-state index is 0.164. The second-order valence-corrected chi connectivity index (χ2v) is 3.72. The third kappa shape index (κ3) is 4.70. The Bertz CT molecular complexity index is 259. The molecule has 0 saturated carbocycles. The summed E-state index contributed by atoms with van der Waals surface area (Å²) in [6, 6.07) is 0. The fourth-order valence-electron chi connectivity index (χ4n) is 1.55. The zero-order valence-electron chi connectivity index (χ0n) is 10.1. The first-order valence-corrected chi connectivity index (χ1v) is 5.59. The van der Waals surface area contributed by atoms with Gasteiger partial charge in [-0.25, -0.2) is 4.79 Å². The number of esters is 2. The summed E-state index contributed by atoms with van der Waals surface area (Å²) >= 11 is 0. The van der Waals surface area contributed by atoms with E-state index < -0.39 is 24.3 Å². The standard InChI is InChI=1S/C11H18O6/c1-14-9(12)7-8(11(13)15-2)17-10-5-3-4-6-16-10/h8,10H,3-7H2,1-2H3/t8-,10?/m0/s1. The Morgan fingerprint density at radius 2 is 2.06 bits per heavy atom. The predicted molar refractivity (Wildman–Crippen MR) is 57.1 cm³/mol. The van der Waals surface area contributed by atoms with Gasteiger partial charge in [0, 0.05) is 6.61 Å². The maximum atomic E-state index is 11.4. The summed E-state index contributed by atoms with van der Waals surface area (Å²) in [6.45, 7) is 0.608. The van der Waals surface area contributed by atoms with Crippen molar-refractivity contribution in [2.24, 2.45) is 0 Å². The minimum atomic E-state index is -0.962. The van der Waals surface area contributed by atoms with Gasteiger partial charge < -0.3 is 18.9 Å². The van der Waals surface area contributed by atoms with E-state index >= 15 is 0 Å². The van der Waals surface area contributed by atoms with Gasteiger partial charge in [0.25, 0.3) is 0 Å². The first kappa shape index (κ1) is 13.9. The van der Waals surface area contributed by atoms with Crippen LogP contribution in [0.15, 0.2) is 0 Å². The minimum Gasteiger partial charge on any atom is -0.469 e. The lowest BCUT2D eigenvalue weighted by Crippen LogP contribution is -2.35. The average Bonchev–Trinajstić information content (AvgIpc) is 2.38. The van der Waals surface area contributed by atoms with Gasteiger partial charge in [0.2, 0.25) is 0 Å². The van der Waals surface area contributed by atoms with Gasteiger partial charge in [0.1, 0.15) is 0 Å². The van der Waals surface area contributed by atoms with Crippen LogP contribution in [0.1, 0.15) is 25.7 Å². The van der Waals surface area contributed by atoms with Crippen LogP contribution in [0.4, 0.5) is 0 Å². The van der Waals surface area contributed by atoms with Gasteiger partial charge in [-0.3, -0.25) is 4.79 Å². The number of carbonyl (C=O) groups excluding carboxylic acids is 2. The van der Waals surface area contributed by atoms with Crippen LogP contribution in [-0.4, -0.2) is 45.2 Å². The molecule has 1 aliphatic heterocycles. The molecule has 1 saturated heterocycles. The molecule has 1 unspecified atom stereocenters. The van der Waals surface area contributed by atoms with Crippen molar-refractivity contribution in [2.45, 2.75) is 38.1 Å². The van der Waals surface area contributed by atoms with Crippen LogP contribution in [0.25, 0.3) is 0 Å². The van der Waals surface area contributed by atoms with E-state index in [4.69, 9.17) is 9.47 Å². The van der Waals surface area contributed by atoms with Gasteiger partial charge >= 0.3 is 11.9 Å². The van der Waals surface area contributed by atoms with Gasteiger partial charge in [-0.15, -0.1) is 0 Å². The topological polar surface area (TPSA) is 71.1 Å². The van der Waals surface area contributed by atoms with Crippen molar-refractivity contribution < 1.29 is 28.5 Å². The molecule has 1 fully saturated rings. The zero-order valence-corrected chi connectivity index (χ0v) is 10.1. The van der Waals surface area contributed by atoms with Gasteiger partial charge in [-0.2, -0.15) is 0 Å². The Hall–Kier alpha value is -1.14. The number of rotatable bonds is 5. The smallest absolute Gasteiger partial charge is 0.335 e. The van der Waals surface area contributed by atoms with Crippen molar-refractivity contribution in [1.82, 2.24) is 0 Å². The van der Waals surface area contributed by atoms with E-state index in [0.717, 1.165) is 12.8 Å². The monoisotopic (exact) mass is 246 g/mol. The van der Waals surface area contributed by atoms with Gasteiger partial charge in [-0.05, 0) is 19.3 Å². The highest BCUT2D eigenvalue weighted by molar-refractivity contribution is 5.81. The fraction of sp³-hybridized carbons (Fsp3) is 0.818. The highest BCUT2D eigenvalue weighted by Crippen LogP contribution is 2.17. The lowest BCUT2D eigenvalue weighted by molar-refractivity contribution is -0.205. The molecule has 0 amide bonds. The van der Waals surface area contributed by atoms with Crippen LogP contribution in [0.5, 0.6) is 0 Å². The molecule has 1 heterocycles. The Morgan fingerprint density at radius 1 is 1.29 bits per heavy atom. The van der Waals surface area contributed by atoms with E-state index in [0.29, 0.717) is 13.0 Å². The maximum absolute atomic E-state index is 11.4. The number of hydrogen-bond donors (Lipinski definition) is 0. The van der Waals surface area contributed by atoms with Crippen LogP contribution in [0.2, 0.25) is 0 Å². The van der Waals surface area contributed by atoms with Gasteiger partial charge in [-0.1, -0.05) is 0 Å². The lowest BCUT2D eigenvalue weighted by atomic mass is 10.2. The Balaban J connectivity index is 2.49. The number of hydrogen-bond acceptors (Lipinski definition) is 6. The SMILES string of the molecule is COC(=O)C[C@H](OC1CCCCO1)C(=O)OC. The molecule has 6 nitrogen and oxygen atoms in total. The lowest BCUT2D eigenvalue weighted by Gasteiger charge is -2.26. The summed E-state index contributed by atoms with van der Waals surface area (Å²) in [7, 11) is 2.51. The van der Waals surface area contributed by atoms with Gasteiger partial charge in [0.05, 0.1) is 20.6 Å². The van der Waals surface area contributed by atoms with E-state index in [9.17, 15) is 9.59 Å². The second kappa shape index (κ2) is 7.24. The van der Waals surface area contributed by atoms with Crippen LogP contribution in [-0.2, 0) is 28.5 Å². The number of ether oxygens (including phenoxy) is 4. The molecule has 1 aliphatic rings. The molecule has 98 valence electrons. The Kier molecular flexibility index (Phi) is 5.93. The van der Waals surface area contributed by atoms with Crippen molar-refractivity contribution >= 4 is 11.9 Å². The first-order chi connectivity index (χ1) is 8.17. The Labute approximate surface area is 100 Å². The quantitative estimate of drug-likeness (QED) is 0.663. The molecule has 0 radical (unpaired) electrons. The van der Waals surface area contributed by atoms with E-state index in [1.165, 1.54) is 14.2 Å². The van der Waals surface area contributed by atoms with Crippen molar-refractivity contribution in [3.63, 3.8) is 0 Å². The molecule has 0 bridgehead atoms. The summed E-state index contributed by atoms with van der Waals surface area (Å²) in [5.74, 6) is -1.11. The summed E-state index contributed by atoms with van der Waals surface area (Å²) in [4.78, 5) is 22.6. The third-order valence-electron chi connectivity index (χ3n) is 2.50. The molecule has 0 aliphatic carbocycles. The van der Waals surface area contributed by atoms with Crippen LogP contribution < -0.4 is 0 Å². The molecular formula is C11H18O6. The summed E-state index contributed by atoms with van der Waals surface area (Å²) in [5, 5.41) is 0.